The van der Waals surface area contributed by atoms with Crippen LogP contribution in [0.4, 0.5) is 4.79 Å². The molecule has 1 aromatic rings. The number of carbonyl (C=O) groups is 1. The van der Waals surface area contributed by atoms with E-state index in [1.807, 2.05) is 39.0 Å². The normalized spacial score (nSPS) is 21.4. The standard InChI is InChI=1S/C20H31N3O4S/c1-20(2,3)27-19(24)22-13-6-8-17(11-14-22)23(28(25,26)18-9-10-18)15-16-7-4-5-12-21-16/h4-5,7,12,17-18H,6,8-11,13-15H2,1-3H3/t17-/m0/s1. The molecule has 0 aromatic carbocycles. The summed E-state index contributed by atoms with van der Waals surface area (Å²) in [5.74, 6) is 0. The number of carbonyl (C=O) groups excluding carboxylic acids is 1. The molecular weight excluding hydrogens is 378 g/mol. The van der Waals surface area contributed by atoms with Gasteiger partial charge in [-0.25, -0.2) is 13.2 Å². The highest BCUT2D eigenvalue weighted by Crippen LogP contribution is 2.34. The molecule has 8 heteroatoms. The van der Waals surface area contributed by atoms with Gasteiger partial charge in [0.2, 0.25) is 10.0 Å². The second-order valence-electron chi connectivity index (χ2n) is 8.66. The van der Waals surface area contributed by atoms with E-state index >= 15 is 0 Å². The van der Waals surface area contributed by atoms with Crippen molar-refractivity contribution in [3.63, 3.8) is 0 Å². The van der Waals surface area contributed by atoms with Gasteiger partial charge >= 0.3 is 6.09 Å². The molecule has 1 aromatic heterocycles. The summed E-state index contributed by atoms with van der Waals surface area (Å²) in [6.45, 7) is 6.93. The minimum Gasteiger partial charge on any atom is -0.444 e. The second-order valence-corrected chi connectivity index (χ2v) is 10.8. The van der Waals surface area contributed by atoms with E-state index in [-0.39, 0.29) is 23.9 Å². The van der Waals surface area contributed by atoms with E-state index < -0.39 is 15.6 Å². The zero-order valence-electron chi connectivity index (χ0n) is 17.0. The molecule has 1 aliphatic carbocycles. The summed E-state index contributed by atoms with van der Waals surface area (Å²) in [5.41, 5.74) is 0.211. The van der Waals surface area contributed by atoms with Crippen molar-refractivity contribution in [3.8, 4) is 0 Å². The maximum Gasteiger partial charge on any atom is 0.410 e. The number of pyridine rings is 1. The molecule has 2 aliphatic rings. The lowest BCUT2D eigenvalue weighted by Gasteiger charge is -2.30. The molecule has 1 aliphatic heterocycles. The Bertz CT molecular complexity index is 772. The maximum absolute atomic E-state index is 13.1. The van der Waals surface area contributed by atoms with Gasteiger partial charge in [-0.05, 0) is 65.0 Å². The first-order valence-corrected chi connectivity index (χ1v) is 11.6. The van der Waals surface area contributed by atoms with Gasteiger partial charge in [-0.15, -0.1) is 0 Å². The van der Waals surface area contributed by atoms with Crippen LogP contribution in [0.3, 0.4) is 0 Å². The minimum atomic E-state index is -3.35. The highest BCUT2D eigenvalue weighted by molar-refractivity contribution is 7.90. The smallest absolute Gasteiger partial charge is 0.410 e. The van der Waals surface area contributed by atoms with Crippen molar-refractivity contribution < 1.29 is 17.9 Å². The first-order valence-electron chi connectivity index (χ1n) is 10.1. The van der Waals surface area contributed by atoms with Crippen molar-refractivity contribution in [1.29, 1.82) is 0 Å². The number of rotatable bonds is 5. The quantitative estimate of drug-likeness (QED) is 0.746. The number of sulfonamides is 1. The molecule has 2 heterocycles. The molecule has 1 amide bonds. The molecule has 1 saturated heterocycles. The summed E-state index contributed by atoms with van der Waals surface area (Å²) in [6.07, 6.45) is 4.93. The number of hydrogen-bond donors (Lipinski definition) is 0. The lowest BCUT2D eigenvalue weighted by Crippen LogP contribution is -2.43. The predicted molar refractivity (Wildman–Crippen MR) is 107 cm³/mol. The lowest BCUT2D eigenvalue weighted by atomic mass is 10.1. The Morgan fingerprint density at radius 2 is 1.96 bits per heavy atom. The fraction of sp³-hybridized carbons (Fsp3) is 0.700. The number of ether oxygens (including phenoxy) is 1. The van der Waals surface area contributed by atoms with Crippen molar-refractivity contribution in [2.75, 3.05) is 13.1 Å². The average molecular weight is 410 g/mol. The molecule has 1 saturated carbocycles. The van der Waals surface area contributed by atoms with Crippen LogP contribution in [0.1, 0.15) is 58.6 Å². The Morgan fingerprint density at radius 1 is 1.21 bits per heavy atom. The van der Waals surface area contributed by atoms with Gasteiger partial charge in [0.15, 0.2) is 0 Å². The maximum atomic E-state index is 13.1. The van der Waals surface area contributed by atoms with Crippen molar-refractivity contribution >= 4 is 16.1 Å². The van der Waals surface area contributed by atoms with E-state index in [4.69, 9.17) is 4.74 Å². The highest BCUT2D eigenvalue weighted by Gasteiger charge is 2.43. The fourth-order valence-electron chi connectivity index (χ4n) is 3.51. The van der Waals surface area contributed by atoms with Gasteiger partial charge in [-0.1, -0.05) is 6.07 Å². The molecule has 156 valence electrons. The molecular formula is C20H31N3O4S. The molecule has 28 heavy (non-hydrogen) atoms. The van der Waals surface area contributed by atoms with Crippen LogP contribution >= 0.6 is 0 Å². The second kappa shape index (κ2) is 8.37. The minimum absolute atomic E-state index is 0.125. The van der Waals surface area contributed by atoms with Gasteiger partial charge < -0.3 is 9.64 Å². The fourth-order valence-corrected chi connectivity index (χ4v) is 5.56. The Morgan fingerprint density at radius 3 is 2.57 bits per heavy atom. The van der Waals surface area contributed by atoms with Crippen LogP contribution in [0.2, 0.25) is 0 Å². The summed E-state index contributed by atoms with van der Waals surface area (Å²) < 4.78 is 33.3. The SMILES string of the molecule is CC(C)(C)OC(=O)N1CCC[C@H](N(Cc2ccccn2)S(=O)(=O)C2CC2)CC1. The third kappa shape index (κ3) is 5.44. The van der Waals surface area contributed by atoms with Gasteiger partial charge in [0.05, 0.1) is 17.5 Å². The third-order valence-corrected chi connectivity index (χ3v) is 7.47. The number of hydrogen-bond acceptors (Lipinski definition) is 5. The molecule has 2 fully saturated rings. The van der Waals surface area contributed by atoms with Crippen LogP contribution in [0, 0.1) is 0 Å². The Kier molecular flexibility index (Phi) is 6.29. The van der Waals surface area contributed by atoms with Gasteiger partial charge in [0, 0.05) is 25.3 Å². The van der Waals surface area contributed by atoms with Crippen LogP contribution in [0.5, 0.6) is 0 Å². The van der Waals surface area contributed by atoms with E-state index in [1.54, 1.807) is 15.4 Å². The molecule has 0 unspecified atom stereocenters. The zero-order valence-corrected chi connectivity index (χ0v) is 17.8. The van der Waals surface area contributed by atoms with Crippen LogP contribution in [-0.2, 0) is 21.3 Å². The largest absolute Gasteiger partial charge is 0.444 e. The summed E-state index contributed by atoms with van der Waals surface area (Å²) in [4.78, 5) is 18.4. The average Bonchev–Trinajstić information content (AvgIpc) is 3.45. The van der Waals surface area contributed by atoms with Gasteiger partial charge in [-0.2, -0.15) is 4.31 Å². The van der Waals surface area contributed by atoms with E-state index in [2.05, 4.69) is 4.98 Å². The van der Waals surface area contributed by atoms with Crippen LogP contribution in [0.15, 0.2) is 24.4 Å². The Labute approximate surface area is 168 Å². The highest BCUT2D eigenvalue weighted by atomic mass is 32.2. The summed E-state index contributed by atoms with van der Waals surface area (Å²) in [7, 11) is -3.35. The van der Waals surface area contributed by atoms with Crippen LogP contribution in [-0.4, -0.2) is 58.7 Å². The van der Waals surface area contributed by atoms with Crippen molar-refractivity contribution in [3.05, 3.63) is 30.1 Å². The number of amides is 1. The zero-order chi connectivity index (χ0) is 20.4. The van der Waals surface area contributed by atoms with E-state index in [0.29, 0.717) is 19.5 Å². The van der Waals surface area contributed by atoms with E-state index in [0.717, 1.165) is 31.4 Å². The van der Waals surface area contributed by atoms with Crippen molar-refractivity contribution in [1.82, 2.24) is 14.2 Å². The molecule has 0 bridgehead atoms. The van der Waals surface area contributed by atoms with Gasteiger partial charge in [0.25, 0.3) is 0 Å². The van der Waals surface area contributed by atoms with Crippen LogP contribution < -0.4 is 0 Å². The van der Waals surface area contributed by atoms with Crippen LogP contribution in [0.25, 0.3) is 0 Å². The topological polar surface area (TPSA) is 79.8 Å². The van der Waals surface area contributed by atoms with E-state index in [9.17, 15) is 13.2 Å². The molecule has 3 rings (SSSR count). The predicted octanol–water partition coefficient (Wildman–Crippen LogP) is 3.17. The third-order valence-electron chi connectivity index (χ3n) is 5.07. The molecule has 1 atom stereocenters. The van der Waals surface area contributed by atoms with Crippen molar-refractivity contribution in [2.45, 2.75) is 76.3 Å². The monoisotopic (exact) mass is 409 g/mol. The summed E-state index contributed by atoms with van der Waals surface area (Å²) >= 11 is 0. The number of nitrogens with zero attached hydrogens (tertiary/aromatic N) is 3. The van der Waals surface area contributed by atoms with Gasteiger partial charge in [-0.3, -0.25) is 4.98 Å². The molecule has 0 radical (unpaired) electrons. The number of likely N-dealkylation sites (tertiary alicyclic amines) is 1. The summed E-state index contributed by atoms with van der Waals surface area (Å²) in [6, 6.07) is 5.44. The Hall–Kier alpha value is -1.67. The van der Waals surface area contributed by atoms with Gasteiger partial charge in [0.1, 0.15) is 5.60 Å². The first-order chi connectivity index (χ1) is 13.2. The molecule has 7 nitrogen and oxygen atoms in total. The summed E-state index contributed by atoms with van der Waals surface area (Å²) in [5, 5.41) is -0.263. The number of aromatic nitrogens is 1. The molecule has 0 spiro atoms. The van der Waals surface area contributed by atoms with E-state index in [1.165, 1.54) is 0 Å². The Balaban J connectivity index is 1.73. The molecule has 0 N–H and O–H groups in total. The lowest BCUT2D eigenvalue weighted by molar-refractivity contribution is 0.0255. The first kappa shape index (κ1) is 21.0. The van der Waals surface area contributed by atoms with Crippen molar-refractivity contribution in [2.24, 2.45) is 0 Å².